The molecule has 0 saturated heterocycles. The topological polar surface area (TPSA) is 92.5 Å². The van der Waals surface area contributed by atoms with Crippen molar-refractivity contribution in [2.45, 2.75) is 6.42 Å². The molecule has 8 heteroatoms. The molecule has 30 heavy (non-hydrogen) atoms. The minimum absolute atomic E-state index is 0.00334. The maximum Gasteiger partial charge on any atom is 0.269 e. The van der Waals surface area contributed by atoms with Gasteiger partial charge in [-0.2, -0.15) is 0 Å². The quantitative estimate of drug-likeness (QED) is 0.374. The summed E-state index contributed by atoms with van der Waals surface area (Å²) in [7, 11) is 0. The molecular formula is C22H17N3O4S. The average Bonchev–Trinajstić information content (AvgIpc) is 3.42. The molecule has 0 unspecified atom stereocenters. The Balaban J connectivity index is 1.45. The number of benzene rings is 2. The summed E-state index contributed by atoms with van der Waals surface area (Å²) >= 11 is 1.41. The fourth-order valence-electron chi connectivity index (χ4n) is 3.26. The molecule has 2 amide bonds. The Kier molecular flexibility index (Phi) is 5.40. The maximum atomic E-state index is 12.7. The molecule has 7 nitrogen and oxygen atoms in total. The van der Waals surface area contributed by atoms with Crippen LogP contribution in [0.4, 0.5) is 17.1 Å². The van der Waals surface area contributed by atoms with Crippen LogP contribution in [-0.4, -0.2) is 23.3 Å². The van der Waals surface area contributed by atoms with E-state index < -0.39 is 4.92 Å². The highest BCUT2D eigenvalue weighted by atomic mass is 32.1. The first-order valence-electron chi connectivity index (χ1n) is 9.23. The molecule has 0 radical (unpaired) electrons. The van der Waals surface area contributed by atoms with Gasteiger partial charge in [-0.1, -0.05) is 12.1 Å². The summed E-state index contributed by atoms with van der Waals surface area (Å²) in [6, 6.07) is 15.1. The Bertz CT molecular complexity index is 1140. The second-order valence-electron chi connectivity index (χ2n) is 6.70. The lowest BCUT2D eigenvalue weighted by Gasteiger charge is -2.17. The van der Waals surface area contributed by atoms with Gasteiger partial charge in [-0.15, -0.1) is 11.3 Å². The average molecular weight is 419 g/mol. The molecule has 4 rings (SSSR count). The fraction of sp³-hybridized carbons (Fsp3) is 0.0909. The monoisotopic (exact) mass is 419 g/mol. The van der Waals surface area contributed by atoms with Crippen LogP contribution in [0, 0.1) is 10.1 Å². The number of non-ortho nitro benzene ring substituents is 1. The maximum absolute atomic E-state index is 12.7. The second kappa shape index (κ2) is 8.30. The smallest absolute Gasteiger partial charge is 0.269 e. The summed E-state index contributed by atoms with van der Waals surface area (Å²) < 4.78 is 0. The minimum Gasteiger partial charge on any atom is -0.322 e. The number of carbonyl (C=O) groups is 2. The molecule has 1 aliphatic heterocycles. The summed E-state index contributed by atoms with van der Waals surface area (Å²) in [5.41, 5.74) is 3.15. The molecule has 0 spiro atoms. The standard InChI is InChI=1S/C22H17N3O4S/c26-21(10-5-15-3-8-18(9-4-15)25(28)29)23-17-7-6-16-11-12-24(19(16)14-17)22(27)20-2-1-13-30-20/h1-10,13-14H,11-12H2,(H,23,26)/b10-5+. The van der Waals surface area contributed by atoms with Crippen LogP contribution in [0.25, 0.3) is 6.08 Å². The van der Waals surface area contributed by atoms with Crippen LogP contribution in [0.5, 0.6) is 0 Å². The number of amides is 2. The van der Waals surface area contributed by atoms with Crippen LogP contribution in [0.15, 0.2) is 66.1 Å². The van der Waals surface area contributed by atoms with Gasteiger partial charge in [-0.25, -0.2) is 0 Å². The predicted molar refractivity (Wildman–Crippen MR) is 117 cm³/mol. The Hall–Kier alpha value is -3.78. The van der Waals surface area contributed by atoms with E-state index in [1.807, 2.05) is 29.6 Å². The zero-order valence-electron chi connectivity index (χ0n) is 15.8. The van der Waals surface area contributed by atoms with Gasteiger partial charge in [0.25, 0.3) is 11.6 Å². The highest BCUT2D eigenvalue weighted by Gasteiger charge is 2.26. The van der Waals surface area contributed by atoms with Gasteiger partial charge in [0.2, 0.25) is 5.91 Å². The van der Waals surface area contributed by atoms with E-state index in [9.17, 15) is 19.7 Å². The molecular weight excluding hydrogens is 402 g/mol. The van der Waals surface area contributed by atoms with Crippen LogP contribution in [0.1, 0.15) is 20.8 Å². The number of rotatable bonds is 5. The molecule has 0 bridgehead atoms. The van der Waals surface area contributed by atoms with E-state index in [0.29, 0.717) is 22.7 Å². The van der Waals surface area contributed by atoms with Crippen LogP contribution in [0.2, 0.25) is 0 Å². The summed E-state index contributed by atoms with van der Waals surface area (Å²) in [6.07, 6.45) is 3.72. The van der Waals surface area contributed by atoms with Crippen molar-refractivity contribution in [1.82, 2.24) is 0 Å². The van der Waals surface area contributed by atoms with Crippen LogP contribution in [0.3, 0.4) is 0 Å². The Morgan fingerprint density at radius 2 is 1.93 bits per heavy atom. The van der Waals surface area contributed by atoms with E-state index in [1.165, 1.54) is 29.5 Å². The normalized spacial score (nSPS) is 12.7. The second-order valence-corrected chi connectivity index (χ2v) is 7.65. The highest BCUT2D eigenvalue weighted by Crippen LogP contribution is 2.32. The van der Waals surface area contributed by atoms with Gasteiger partial charge in [-0.3, -0.25) is 19.7 Å². The van der Waals surface area contributed by atoms with Crippen molar-refractivity contribution in [1.29, 1.82) is 0 Å². The first-order valence-corrected chi connectivity index (χ1v) is 10.1. The number of nitro benzene ring substituents is 1. The van der Waals surface area contributed by atoms with Crippen molar-refractivity contribution in [3.63, 3.8) is 0 Å². The number of anilines is 2. The largest absolute Gasteiger partial charge is 0.322 e. The van der Waals surface area contributed by atoms with Crippen LogP contribution in [-0.2, 0) is 11.2 Å². The van der Waals surface area contributed by atoms with Gasteiger partial charge in [0, 0.05) is 36.1 Å². The third kappa shape index (κ3) is 4.13. The molecule has 150 valence electrons. The Labute approximate surface area is 176 Å². The number of hydrogen-bond acceptors (Lipinski definition) is 5. The van der Waals surface area contributed by atoms with E-state index in [-0.39, 0.29) is 17.5 Å². The van der Waals surface area contributed by atoms with Crippen molar-refractivity contribution < 1.29 is 14.5 Å². The molecule has 0 fully saturated rings. The van der Waals surface area contributed by atoms with Gasteiger partial charge < -0.3 is 10.2 Å². The van der Waals surface area contributed by atoms with Crippen molar-refractivity contribution in [2.75, 3.05) is 16.8 Å². The number of fused-ring (bicyclic) bond motifs is 1. The molecule has 3 aromatic rings. The molecule has 2 aromatic carbocycles. The summed E-state index contributed by atoms with van der Waals surface area (Å²) in [5, 5.41) is 15.4. The lowest BCUT2D eigenvalue weighted by Crippen LogP contribution is -2.28. The SMILES string of the molecule is O=C(/C=C/c1ccc([N+](=O)[O-])cc1)Nc1ccc2c(c1)N(C(=O)c1cccs1)CC2. The van der Waals surface area contributed by atoms with Gasteiger partial charge in [-0.05, 0) is 59.3 Å². The molecule has 0 aliphatic carbocycles. The molecule has 0 saturated carbocycles. The summed E-state index contributed by atoms with van der Waals surface area (Å²) in [6.45, 7) is 0.615. The Morgan fingerprint density at radius 1 is 1.13 bits per heavy atom. The van der Waals surface area contributed by atoms with Crippen molar-refractivity contribution in [2.24, 2.45) is 0 Å². The van der Waals surface area contributed by atoms with Crippen LogP contribution < -0.4 is 10.2 Å². The van der Waals surface area contributed by atoms with Gasteiger partial charge in [0.1, 0.15) is 0 Å². The third-order valence-electron chi connectivity index (χ3n) is 4.76. The van der Waals surface area contributed by atoms with E-state index >= 15 is 0 Å². The molecule has 1 aliphatic rings. The third-order valence-corrected chi connectivity index (χ3v) is 5.61. The number of hydrogen-bond donors (Lipinski definition) is 1. The zero-order valence-corrected chi connectivity index (χ0v) is 16.6. The number of nitrogens with zero attached hydrogens (tertiary/aromatic N) is 2. The number of thiophene rings is 1. The van der Waals surface area contributed by atoms with E-state index in [4.69, 9.17) is 0 Å². The lowest BCUT2D eigenvalue weighted by atomic mass is 10.1. The van der Waals surface area contributed by atoms with E-state index in [0.717, 1.165) is 17.7 Å². The lowest BCUT2D eigenvalue weighted by molar-refractivity contribution is -0.384. The predicted octanol–water partition coefficient (Wildman–Crippen LogP) is 4.51. The number of nitro groups is 1. The van der Waals surface area contributed by atoms with Gasteiger partial charge in [0.05, 0.1) is 9.80 Å². The zero-order chi connectivity index (χ0) is 21.1. The van der Waals surface area contributed by atoms with E-state index in [1.54, 1.807) is 29.2 Å². The summed E-state index contributed by atoms with van der Waals surface area (Å²) in [5.74, 6) is -0.368. The molecule has 1 N–H and O–H groups in total. The van der Waals surface area contributed by atoms with Gasteiger partial charge in [0.15, 0.2) is 0 Å². The van der Waals surface area contributed by atoms with Crippen molar-refractivity contribution >= 4 is 46.3 Å². The fourth-order valence-corrected chi connectivity index (χ4v) is 3.94. The first kappa shape index (κ1) is 19.5. The number of nitrogens with one attached hydrogen (secondary N) is 1. The number of carbonyl (C=O) groups excluding carboxylic acids is 2. The van der Waals surface area contributed by atoms with E-state index in [2.05, 4.69) is 5.32 Å². The van der Waals surface area contributed by atoms with Gasteiger partial charge >= 0.3 is 0 Å². The Morgan fingerprint density at radius 3 is 2.63 bits per heavy atom. The highest BCUT2D eigenvalue weighted by molar-refractivity contribution is 7.12. The molecule has 2 heterocycles. The molecule has 1 aromatic heterocycles. The molecule has 0 atom stereocenters. The van der Waals surface area contributed by atoms with Crippen molar-refractivity contribution in [3.8, 4) is 0 Å². The van der Waals surface area contributed by atoms with Crippen LogP contribution >= 0.6 is 11.3 Å². The first-order chi connectivity index (χ1) is 14.5. The minimum atomic E-state index is -0.472. The summed E-state index contributed by atoms with van der Waals surface area (Å²) in [4.78, 5) is 37.6. The van der Waals surface area contributed by atoms with Crippen molar-refractivity contribution in [3.05, 3.63) is 92.2 Å².